The number of para-hydroxylation sites is 2. The first-order valence-corrected chi connectivity index (χ1v) is 21.2. The van der Waals surface area contributed by atoms with Crippen LogP contribution >= 0.6 is 0 Å². The van der Waals surface area contributed by atoms with Gasteiger partial charge in [0.1, 0.15) is 16.9 Å². The third-order valence-corrected chi connectivity index (χ3v) is 12.1. The topological polar surface area (TPSA) is 45.7 Å². The van der Waals surface area contributed by atoms with E-state index in [0.717, 1.165) is 102 Å². The molecule has 5 heteroatoms. The van der Waals surface area contributed by atoms with Crippen LogP contribution in [0.5, 0.6) is 0 Å². The van der Waals surface area contributed by atoms with Crippen molar-refractivity contribution in [3.05, 3.63) is 218 Å². The monoisotopic (exact) mass is 797 g/mol. The van der Waals surface area contributed by atoms with E-state index >= 15 is 0 Å². The zero-order chi connectivity index (χ0) is 41.0. The molecule has 5 nitrogen and oxygen atoms in total. The lowest BCUT2D eigenvalue weighted by molar-refractivity contribution is 0.595. The van der Waals surface area contributed by atoms with Crippen LogP contribution in [-0.2, 0) is 6.42 Å². The first-order valence-electron chi connectivity index (χ1n) is 21.2. The number of aromatic nitrogens is 1. The van der Waals surface area contributed by atoms with E-state index in [0.29, 0.717) is 5.89 Å². The van der Waals surface area contributed by atoms with Crippen molar-refractivity contribution in [1.82, 2.24) is 4.98 Å². The minimum Gasteiger partial charge on any atom is -0.456 e. The molecule has 0 N–H and O–H groups in total. The zero-order valence-corrected chi connectivity index (χ0v) is 33.8. The quantitative estimate of drug-likeness (QED) is 0.143. The summed E-state index contributed by atoms with van der Waals surface area (Å²) in [6, 6.07) is 70.6. The first-order chi connectivity index (χ1) is 30.7. The number of hydrogen-bond acceptors (Lipinski definition) is 5. The van der Waals surface area contributed by atoms with Crippen LogP contribution in [0.3, 0.4) is 0 Å². The molecule has 0 unspecified atom stereocenters. The summed E-state index contributed by atoms with van der Waals surface area (Å²) in [4.78, 5) is 9.92. The highest BCUT2D eigenvalue weighted by atomic mass is 16.3. The molecule has 11 aromatic rings. The molecular weight excluding hydrogens is 759 g/mol. The SMILES string of the molecule is C1=Cc2oc3ccc(N(c4ccc(-c5ccccc5)cc4)c4cccc(-c5nc6c7ccc(N(c8ccccc8)c8ccccc8)cc7c7ccccc7c6o5)c4)cc3c2CC1. The van der Waals surface area contributed by atoms with Gasteiger partial charge in [0.25, 0.3) is 0 Å². The molecule has 0 amide bonds. The fraction of sp³-hybridized carbons (Fsp3) is 0.0351. The number of allylic oxidation sites excluding steroid dienone is 1. The first kappa shape index (κ1) is 35.8. The summed E-state index contributed by atoms with van der Waals surface area (Å²) < 4.78 is 13.2. The van der Waals surface area contributed by atoms with Crippen molar-refractivity contribution in [2.24, 2.45) is 0 Å². The molecule has 0 atom stereocenters. The van der Waals surface area contributed by atoms with Gasteiger partial charge in [0.2, 0.25) is 5.89 Å². The summed E-state index contributed by atoms with van der Waals surface area (Å²) in [5.74, 6) is 1.53. The van der Waals surface area contributed by atoms with E-state index in [2.05, 4.69) is 222 Å². The number of benzene rings is 9. The highest BCUT2D eigenvalue weighted by Crippen LogP contribution is 2.44. The number of oxazole rings is 1. The van der Waals surface area contributed by atoms with Gasteiger partial charge in [0, 0.05) is 61.4 Å². The molecule has 0 radical (unpaired) electrons. The lowest BCUT2D eigenvalue weighted by atomic mass is 9.99. The van der Waals surface area contributed by atoms with E-state index in [4.69, 9.17) is 13.8 Å². The molecule has 294 valence electrons. The summed E-state index contributed by atoms with van der Waals surface area (Å²) >= 11 is 0. The molecule has 1 aliphatic carbocycles. The van der Waals surface area contributed by atoms with Crippen molar-refractivity contribution >= 4 is 83.8 Å². The Labute approximate surface area is 359 Å². The van der Waals surface area contributed by atoms with Crippen molar-refractivity contribution in [2.45, 2.75) is 12.8 Å². The number of anilines is 6. The Morgan fingerprint density at radius 3 is 1.73 bits per heavy atom. The molecule has 0 saturated heterocycles. The van der Waals surface area contributed by atoms with Gasteiger partial charge >= 0.3 is 0 Å². The van der Waals surface area contributed by atoms with Crippen molar-refractivity contribution in [1.29, 1.82) is 0 Å². The molecule has 0 saturated carbocycles. The van der Waals surface area contributed by atoms with E-state index in [-0.39, 0.29) is 0 Å². The van der Waals surface area contributed by atoms with Crippen LogP contribution in [0.1, 0.15) is 17.7 Å². The minimum absolute atomic E-state index is 0.573. The number of hydrogen-bond donors (Lipinski definition) is 0. The normalized spacial score (nSPS) is 12.3. The van der Waals surface area contributed by atoms with Gasteiger partial charge in [-0.05, 0) is 132 Å². The molecule has 0 aliphatic heterocycles. The van der Waals surface area contributed by atoms with Gasteiger partial charge in [-0.25, -0.2) is 4.98 Å². The Hall–Kier alpha value is -8.15. The second kappa shape index (κ2) is 14.8. The fourth-order valence-electron chi connectivity index (χ4n) is 9.19. The number of nitrogens with zero attached hydrogens (tertiary/aromatic N) is 3. The van der Waals surface area contributed by atoms with E-state index in [9.17, 15) is 0 Å². The molecular formula is C57H39N3O2. The average Bonchev–Trinajstić information content (AvgIpc) is 3.96. The molecule has 1 aliphatic rings. The largest absolute Gasteiger partial charge is 0.456 e. The lowest BCUT2D eigenvalue weighted by Gasteiger charge is -2.26. The van der Waals surface area contributed by atoms with Crippen LogP contribution in [-0.4, -0.2) is 4.98 Å². The van der Waals surface area contributed by atoms with Crippen molar-refractivity contribution in [3.63, 3.8) is 0 Å². The average molecular weight is 798 g/mol. The Bertz CT molecular complexity index is 3420. The Kier molecular flexibility index (Phi) is 8.56. The highest BCUT2D eigenvalue weighted by molar-refractivity contribution is 6.23. The maximum Gasteiger partial charge on any atom is 0.227 e. The van der Waals surface area contributed by atoms with E-state index in [1.54, 1.807) is 0 Å². The summed E-state index contributed by atoms with van der Waals surface area (Å²) in [5.41, 5.74) is 13.4. The summed E-state index contributed by atoms with van der Waals surface area (Å²) in [6.07, 6.45) is 6.27. The minimum atomic E-state index is 0.573. The molecule has 0 bridgehead atoms. The number of furan rings is 1. The smallest absolute Gasteiger partial charge is 0.227 e. The van der Waals surface area contributed by atoms with Crippen LogP contribution in [0.15, 0.2) is 215 Å². The van der Waals surface area contributed by atoms with Crippen molar-refractivity contribution in [2.75, 3.05) is 9.80 Å². The predicted octanol–water partition coefficient (Wildman–Crippen LogP) is 16.1. The molecule has 12 rings (SSSR count). The van der Waals surface area contributed by atoms with Crippen LogP contribution in [0.4, 0.5) is 34.1 Å². The molecule has 2 aromatic heterocycles. The number of aryl methyl sites for hydroxylation is 1. The molecule has 62 heavy (non-hydrogen) atoms. The maximum atomic E-state index is 6.85. The summed E-state index contributed by atoms with van der Waals surface area (Å²) in [7, 11) is 0. The molecule has 9 aromatic carbocycles. The van der Waals surface area contributed by atoms with Crippen LogP contribution < -0.4 is 9.80 Å². The van der Waals surface area contributed by atoms with Crippen LogP contribution in [0, 0.1) is 0 Å². The third kappa shape index (κ3) is 6.13. The van der Waals surface area contributed by atoms with Gasteiger partial charge in [-0.15, -0.1) is 0 Å². The standard InChI is InChI=1S/C57H39N3O2/c1-4-15-38(16-5-1)39-27-29-43(30-28-39)60(46-32-34-54-52(37-46)48-24-12-13-26-53(48)61-54)44-22-14-17-40(35-44)57-58-55-49-33-31-45(36-51(49)47-23-10-11-25-50(47)56(55)62-57)59(41-18-6-2-7-19-41)42-20-8-3-9-21-42/h1-11,13-23,25-37H,12,24H2. The van der Waals surface area contributed by atoms with E-state index < -0.39 is 0 Å². The third-order valence-electron chi connectivity index (χ3n) is 12.1. The van der Waals surface area contributed by atoms with E-state index in [1.807, 2.05) is 0 Å². The Morgan fingerprint density at radius 1 is 0.403 bits per heavy atom. The van der Waals surface area contributed by atoms with E-state index in [1.165, 1.54) is 16.7 Å². The van der Waals surface area contributed by atoms with Crippen LogP contribution in [0.25, 0.3) is 72.3 Å². The van der Waals surface area contributed by atoms with Gasteiger partial charge in [0.15, 0.2) is 5.58 Å². The lowest BCUT2D eigenvalue weighted by Crippen LogP contribution is -2.10. The van der Waals surface area contributed by atoms with Crippen LogP contribution in [0.2, 0.25) is 0 Å². The van der Waals surface area contributed by atoms with Gasteiger partial charge in [0.05, 0.1) is 0 Å². The second-order valence-electron chi connectivity index (χ2n) is 15.8. The van der Waals surface area contributed by atoms with Crippen molar-refractivity contribution in [3.8, 4) is 22.6 Å². The van der Waals surface area contributed by atoms with Gasteiger partial charge < -0.3 is 18.6 Å². The highest BCUT2D eigenvalue weighted by Gasteiger charge is 2.22. The zero-order valence-electron chi connectivity index (χ0n) is 33.8. The predicted molar refractivity (Wildman–Crippen MR) is 256 cm³/mol. The van der Waals surface area contributed by atoms with Gasteiger partial charge in [-0.1, -0.05) is 115 Å². The second-order valence-corrected chi connectivity index (χ2v) is 15.8. The Balaban J connectivity index is 0.996. The fourth-order valence-corrected chi connectivity index (χ4v) is 9.19. The summed E-state index contributed by atoms with van der Waals surface area (Å²) in [6.45, 7) is 0. The summed E-state index contributed by atoms with van der Waals surface area (Å²) in [5, 5.41) is 5.46. The number of fused-ring (bicyclic) bond motifs is 9. The Morgan fingerprint density at radius 2 is 0.968 bits per heavy atom. The van der Waals surface area contributed by atoms with Gasteiger partial charge in [-0.2, -0.15) is 0 Å². The molecule has 0 fully saturated rings. The molecule has 2 heterocycles. The van der Waals surface area contributed by atoms with Crippen molar-refractivity contribution < 1.29 is 8.83 Å². The molecule has 0 spiro atoms. The maximum absolute atomic E-state index is 6.85. The van der Waals surface area contributed by atoms with Gasteiger partial charge in [-0.3, -0.25) is 0 Å². The number of rotatable bonds is 8.